The lowest BCUT2D eigenvalue weighted by molar-refractivity contribution is -0.120. The van der Waals surface area contributed by atoms with E-state index in [9.17, 15) is 9.59 Å². The van der Waals surface area contributed by atoms with Gasteiger partial charge in [-0.15, -0.1) is 0 Å². The maximum Gasteiger partial charge on any atom is 0.251 e. The molecule has 0 fully saturated rings. The summed E-state index contributed by atoms with van der Waals surface area (Å²) in [6.07, 6.45) is 0.267. The highest BCUT2D eigenvalue weighted by molar-refractivity contribution is 5.95. The maximum atomic E-state index is 11.7. The quantitative estimate of drug-likeness (QED) is 0.662. The molecule has 0 heterocycles. The summed E-state index contributed by atoms with van der Waals surface area (Å²) in [4.78, 5) is 22.7. The van der Waals surface area contributed by atoms with Gasteiger partial charge in [0, 0.05) is 31.3 Å². The van der Waals surface area contributed by atoms with Crippen molar-refractivity contribution in [1.29, 1.82) is 0 Å². The minimum absolute atomic E-state index is 0.103. The summed E-state index contributed by atoms with van der Waals surface area (Å²) in [6.45, 7) is 2.18. The molecule has 0 radical (unpaired) electrons. The summed E-state index contributed by atoms with van der Waals surface area (Å²) >= 11 is 0. The molecule has 1 aromatic carbocycles. The van der Waals surface area contributed by atoms with Crippen molar-refractivity contribution >= 4 is 17.5 Å². The summed E-state index contributed by atoms with van der Waals surface area (Å²) < 4.78 is 0. The normalized spacial score (nSPS) is 9.76. The molecule has 0 unspecified atom stereocenters. The number of nitrogen functional groups attached to an aromatic ring is 1. The van der Waals surface area contributed by atoms with Crippen LogP contribution in [0.15, 0.2) is 18.2 Å². The predicted octanol–water partition coefficient (Wildman–Crippen LogP) is 0.443. The molecule has 0 aliphatic carbocycles. The Morgan fingerprint density at radius 1 is 1.29 bits per heavy atom. The molecule has 0 spiro atoms. The predicted molar refractivity (Wildman–Crippen MR) is 66.6 cm³/mol. The van der Waals surface area contributed by atoms with Crippen LogP contribution in [0.3, 0.4) is 0 Å². The second-order valence-electron chi connectivity index (χ2n) is 3.81. The van der Waals surface area contributed by atoms with Crippen molar-refractivity contribution in [2.75, 3.05) is 19.3 Å². The van der Waals surface area contributed by atoms with Gasteiger partial charge in [-0.1, -0.05) is 0 Å². The van der Waals surface area contributed by atoms with Crippen LogP contribution in [0.1, 0.15) is 22.3 Å². The average molecular weight is 235 g/mol. The van der Waals surface area contributed by atoms with E-state index in [0.717, 1.165) is 5.56 Å². The molecule has 5 nitrogen and oxygen atoms in total. The van der Waals surface area contributed by atoms with E-state index in [0.29, 0.717) is 17.8 Å². The molecule has 0 aromatic heterocycles. The van der Waals surface area contributed by atoms with Crippen molar-refractivity contribution in [3.63, 3.8) is 0 Å². The molecule has 0 bridgehead atoms. The summed E-state index contributed by atoms with van der Waals surface area (Å²) in [7, 11) is 1.56. The Labute approximate surface area is 100 Å². The average Bonchev–Trinajstić information content (AvgIpc) is 2.27. The van der Waals surface area contributed by atoms with Gasteiger partial charge in [0.15, 0.2) is 0 Å². The van der Waals surface area contributed by atoms with Crippen LogP contribution in [0, 0.1) is 6.92 Å². The van der Waals surface area contributed by atoms with E-state index in [1.807, 2.05) is 6.92 Å². The van der Waals surface area contributed by atoms with Gasteiger partial charge < -0.3 is 16.4 Å². The number of carbonyl (C=O) groups excluding carboxylic acids is 2. The van der Waals surface area contributed by atoms with Crippen molar-refractivity contribution in [3.8, 4) is 0 Å². The van der Waals surface area contributed by atoms with Gasteiger partial charge in [-0.05, 0) is 30.7 Å². The SMILES string of the molecule is CNC(=O)CCNC(=O)c1cc(C)cc(N)c1. The van der Waals surface area contributed by atoms with Gasteiger partial charge in [0.2, 0.25) is 5.91 Å². The van der Waals surface area contributed by atoms with E-state index in [1.54, 1.807) is 25.2 Å². The number of rotatable bonds is 4. The van der Waals surface area contributed by atoms with Crippen molar-refractivity contribution in [2.45, 2.75) is 13.3 Å². The molecule has 5 heteroatoms. The largest absolute Gasteiger partial charge is 0.399 e. The number of nitrogens with two attached hydrogens (primary N) is 1. The van der Waals surface area contributed by atoms with Crippen molar-refractivity contribution in [2.24, 2.45) is 0 Å². The highest BCUT2D eigenvalue weighted by atomic mass is 16.2. The van der Waals surface area contributed by atoms with Crippen molar-refractivity contribution in [1.82, 2.24) is 10.6 Å². The smallest absolute Gasteiger partial charge is 0.251 e. The molecular formula is C12H17N3O2. The molecule has 0 aliphatic rings. The molecule has 0 saturated heterocycles. The third kappa shape index (κ3) is 4.14. The summed E-state index contributed by atoms with van der Waals surface area (Å²) in [6, 6.07) is 5.16. The topological polar surface area (TPSA) is 84.2 Å². The molecule has 1 aromatic rings. The summed E-state index contributed by atoms with van der Waals surface area (Å²) in [5.74, 6) is -0.321. The van der Waals surface area contributed by atoms with Crippen molar-refractivity contribution in [3.05, 3.63) is 29.3 Å². The lowest BCUT2D eigenvalue weighted by Gasteiger charge is -2.06. The van der Waals surface area contributed by atoms with Gasteiger partial charge in [-0.2, -0.15) is 0 Å². The van der Waals surface area contributed by atoms with E-state index in [4.69, 9.17) is 5.73 Å². The van der Waals surface area contributed by atoms with Crippen LogP contribution in [0.25, 0.3) is 0 Å². The molecular weight excluding hydrogens is 218 g/mol. The zero-order valence-corrected chi connectivity index (χ0v) is 10.0. The van der Waals surface area contributed by atoms with Crippen LogP contribution in [0.2, 0.25) is 0 Å². The first kappa shape index (κ1) is 13.0. The van der Waals surface area contributed by atoms with Crippen LogP contribution in [0.5, 0.6) is 0 Å². The van der Waals surface area contributed by atoms with Crippen molar-refractivity contribution < 1.29 is 9.59 Å². The Morgan fingerprint density at radius 3 is 2.59 bits per heavy atom. The van der Waals surface area contributed by atoms with Crippen LogP contribution in [-0.2, 0) is 4.79 Å². The van der Waals surface area contributed by atoms with E-state index >= 15 is 0 Å². The lowest BCUT2D eigenvalue weighted by Crippen LogP contribution is -2.29. The lowest BCUT2D eigenvalue weighted by atomic mass is 10.1. The van der Waals surface area contributed by atoms with E-state index in [2.05, 4.69) is 10.6 Å². The first-order valence-electron chi connectivity index (χ1n) is 5.39. The first-order chi connectivity index (χ1) is 8.02. The number of hydrogen-bond acceptors (Lipinski definition) is 3. The Kier molecular flexibility index (Phi) is 4.51. The second kappa shape index (κ2) is 5.89. The molecule has 0 atom stereocenters. The minimum Gasteiger partial charge on any atom is -0.399 e. The van der Waals surface area contributed by atoms with Crippen LogP contribution >= 0.6 is 0 Å². The zero-order valence-electron chi connectivity index (χ0n) is 10.0. The molecule has 17 heavy (non-hydrogen) atoms. The van der Waals surface area contributed by atoms with E-state index < -0.39 is 0 Å². The fourth-order valence-corrected chi connectivity index (χ4v) is 1.46. The van der Waals surface area contributed by atoms with E-state index in [1.165, 1.54) is 0 Å². The standard InChI is InChI=1S/C12H17N3O2/c1-8-5-9(7-10(13)6-8)12(17)15-4-3-11(16)14-2/h5-7H,3-4,13H2,1-2H3,(H,14,16)(H,15,17). The second-order valence-corrected chi connectivity index (χ2v) is 3.81. The minimum atomic E-state index is -0.218. The van der Waals surface area contributed by atoms with Crippen LogP contribution in [-0.4, -0.2) is 25.4 Å². The van der Waals surface area contributed by atoms with Gasteiger partial charge in [-0.25, -0.2) is 0 Å². The summed E-state index contributed by atoms with van der Waals surface area (Å²) in [5, 5.41) is 5.15. The Balaban J connectivity index is 2.55. The van der Waals surface area contributed by atoms with Gasteiger partial charge in [0.1, 0.15) is 0 Å². The number of benzene rings is 1. The highest BCUT2D eigenvalue weighted by Crippen LogP contribution is 2.10. The third-order valence-electron chi connectivity index (χ3n) is 2.28. The number of nitrogens with one attached hydrogen (secondary N) is 2. The Hall–Kier alpha value is -2.04. The fourth-order valence-electron chi connectivity index (χ4n) is 1.46. The van der Waals surface area contributed by atoms with Crippen LogP contribution < -0.4 is 16.4 Å². The van der Waals surface area contributed by atoms with Gasteiger partial charge in [0.25, 0.3) is 5.91 Å². The van der Waals surface area contributed by atoms with Gasteiger partial charge >= 0.3 is 0 Å². The Bertz CT molecular complexity index is 410. The molecule has 4 N–H and O–H groups in total. The highest BCUT2D eigenvalue weighted by Gasteiger charge is 2.07. The third-order valence-corrected chi connectivity index (χ3v) is 2.28. The Morgan fingerprint density at radius 2 is 2.00 bits per heavy atom. The van der Waals surface area contributed by atoms with Crippen LogP contribution in [0.4, 0.5) is 5.69 Å². The first-order valence-corrected chi connectivity index (χ1v) is 5.39. The van der Waals surface area contributed by atoms with Gasteiger partial charge in [-0.3, -0.25) is 9.59 Å². The number of hydrogen-bond donors (Lipinski definition) is 3. The maximum absolute atomic E-state index is 11.7. The van der Waals surface area contributed by atoms with Gasteiger partial charge in [0.05, 0.1) is 0 Å². The number of aryl methyl sites for hydroxylation is 1. The molecule has 2 amide bonds. The molecule has 0 saturated carbocycles. The number of anilines is 1. The number of carbonyl (C=O) groups is 2. The summed E-state index contributed by atoms with van der Waals surface area (Å²) in [5.41, 5.74) is 7.65. The zero-order chi connectivity index (χ0) is 12.8. The monoisotopic (exact) mass is 235 g/mol. The van der Waals surface area contributed by atoms with E-state index in [-0.39, 0.29) is 18.2 Å². The molecule has 92 valence electrons. The molecule has 1 rings (SSSR count). The molecule has 0 aliphatic heterocycles. The fraction of sp³-hybridized carbons (Fsp3) is 0.333. The number of amides is 2.